The quantitative estimate of drug-likeness (QED) is 0.797. The van der Waals surface area contributed by atoms with Gasteiger partial charge in [0.15, 0.2) is 0 Å². The fraction of sp³-hybridized carbons (Fsp3) is 0.100. The Morgan fingerprint density at radius 2 is 1.76 bits per heavy atom. The summed E-state index contributed by atoms with van der Waals surface area (Å²) in [4.78, 5) is 26.2. The van der Waals surface area contributed by atoms with Crippen LogP contribution in [-0.4, -0.2) is 22.7 Å². The monoisotopic (exact) mass is 350 g/mol. The minimum absolute atomic E-state index is 0.162. The summed E-state index contributed by atoms with van der Waals surface area (Å²) in [6, 6.07) is 17.6. The molecule has 5 heteroatoms. The summed E-state index contributed by atoms with van der Waals surface area (Å²) in [6.07, 6.45) is 5.38. The molecule has 1 aliphatic rings. The SMILES string of the molecule is Cc1ccccc1NCN1C(=O)S/C(=C/C=C/c2ccccc2)C1=O. The van der Waals surface area contributed by atoms with Gasteiger partial charge in [-0.15, -0.1) is 0 Å². The summed E-state index contributed by atoms with van der Waals surface area (Å²) in [6.45, 7) is 2.14. The number of imide groups is 1. The molecular weight excluding hydrogens is 332 g/mol. The molecule has 25 heavy (non-hydrogen) atoms. The zero-order chi connectivity index (χ0) is 17.6. The Morgan fingerprint density at radius 1 is 1.04 bits per heavy atom. The van der Waals surface area contributed by atoms with Crippen LogP contribution >= 0.6 is 11.8 Å². The van der Waals surface area contributed by atoms with Crippen LogP contribution < -0.4 is 5.32 Å². The Labute approximate surface area is 151 Å². The number of hydrogen-bond donors (Lipinski definition) is 1. The lowest BCUT2D eigenvalue weighted by Crippen LogP contribution is -2.33. The highest BCUT2D eigenvalue weighted by Crippen LogP contribution is 2.30. The lowest BCUT2D eigenvalue weighted by atomic mass is 10.2. The van der Waals surface area contributed by atoms with E-state index in [0.29, 0.717) is 4.91 Å². The van der Waals surface area contributed by atoms with Crippen molar-refractivity contribution < 1.29 is 9.59 Å². The summed E-state index contributed by atoms with van der Waals surface area (Å²) >= 11 is 0.964. The van der Waals surface area contributed by atoms with Crippen LogP contribution in [0, 0.1) is 6.92 Å². The molecular formula is C20H18N2O2S. The number of allylic oxidation sites excluding steroid dienone is 2. The molecule has 2 aromatic carbocycles. The minimum atomic E-state index is -0.270. The van der Waals surface area contributed by atoms with Crippen LogP contribution in [0.1, 0.15) is 11.1 Å². The molecule has 0 aromatic heterocycles. The number of carbonyl (C=O) groups is 2. The molecule has 126 valence electrons. The van der Waals surface area contributed by atoms with E-state index in [1.165, 1.54) is 4.90 Å². The lowest BCUT2D eigenvalue weighted by molar-refractivity contribution is -0.122. The van der Waals surface area contributed by atoms with Crippen LogP contribution in [0.15, 0.2) is 71.7 Å². The maximum atomic E-state index is 12.4. The third kappa shape index (κ3) is 4.19. The third-order valence-corrected chi connectivity index (χ3v) is 4.71. The maximum Gasteiger partial charge on any atom is 0.295 e. The van der Waals surface area contributed by atoms with Gasteiger partial charge in [0.05, 0.1) is 11.6 Å². The van der Waals surface area contributed by atoms with Crippen molar-refractivity contribution in [2.45, 2.75) is 6.92 Å². The number of thioether (sulfide) groups is 1. The Bertz CT molecular complexity index is 844. The standard InChI is InChI=1S/C20H18N2O2S/c1-15-8-5-6-12-17(15)21-14-22-19(23)18(25-20(22)24)13-7-11-16-9-3-2-4-10-16/h2-13,21H,14H2,1H3/b11-7+,18-13+. The van der Waals surface area contributed by atoms with Gasteiger partial charge in [-0.25, -0.2) is 0 Å². The van der Waals surface area contributed by atoms with Crippen molar-refractivity contribution in [3.63, 3.8) is 0 Å². The molecule has 0 atom stereocenters. The van der Waals surface area contributed by atoms with Gasteiger partial charge in [-0.05, 0) is 42.0 Å². The molecule has 1 fully saturated rings. The summed E-state index contributed by atoms with van der Waals surface area (Å²) < 4.78 is 0. The minimum Gasteiger partial charge on any atom is -0.367 e. The van der Waals surface area contributed by atoms with Crippen LogP contribution in [0.2, 0.25) is 0 Å². The first-order valence-electron chi connectivity index (χ1n) is 7.92. The largest absolute Gasteiger partial charge is 0.367 e. The van der Waals surface area contributed by atoms with Gasteiger partial charge >= 0.3 is 0 Å². The predicted octanol–water partition coefficient (Wildman–Crippen LogP) is 4.66. The third-order valence-electron chi connectivity index (χ3n) is 3.78. The van der Waals surface area contributed by atoms with Gasteiger partial charge in [0, 0.05) is 5.69 Å². The molecule has 0 radical (unpaired) electrons. The van der Waals surface area contributed by atoms with E-state index in [0.717, 1.165) is 28.6 Å². The number of nitrogens with one attached hydrogen (secondary N) is 1. The molecule has 1 saturated heterocycles. The van der Waals surface area contributed by atoms with Crippen molar-refractivity contribution in [3.8, 4) is 0 Å². The Morgan fingerprint density at radius 3 is 2.52 bits per heavy atom. The van der Waals surface area contributed by atoms with Gasteiger partial charge < -0.3 is 5.32 Å². The Hall–Kier alpha value is -2.79. The van der Waals surface area contributed by atoms with Gasteiger partial charge in [-0.1, -0.05) is 60.7 Å². The fourth-order valence-electron chi connectivity index (χ4n) is 2.40. The summed E-state index contributed by atoms with van der Waals surface area (Å²) in [5.41, 5.74) is 3.02. The molecule has 3 rings (SSSR count). The second-order valence-corrected chi connectivity index (χ2v) is 6.54. The van der Waals surface area contributed by atoms with E-state index in [2.05, 4.69) is 5.32 Å². The van der Waals surface area contributed by atoms with Crippen molar-refractivity contribution >= 4 is 34.7 Å². The van der Waals surface area contributed by atoms with Crippen LogP contribution in [0.25, 0.3) is 6.08 Å². The second-order valence-electron chi connectivity index (χ2n) is 5.55. The molecule has 1 N–H and O–H groups in total. The number of rotatable bonds is 5. The number of anilines is 1. The molecule has 0 saturated carbocycles. The van der Waals surface area contributed by atoms with E-state index in [9.17, 15) is 9.59 Å². The van der Waals surface area contributed by atoms with E-state index in [1.54, 1.807) is 12.2 Å². The number of hydrogen-bond acceptors (Lipinski definition) is 4. The van der Waals surface area contributed by atoms with Gasteiger partial charge in [0.1, 0.15) is 0 Å². The summed E-state index contributed by atoms with van der Waals surface area (Å²) in [5.74, 6) is -0.270. The number of benzene rings is 2. The molecule has 4 nitrogen and oxygen atoms in total. The van der Waals surface area contributed by atoms with E-state index in [4.69, 9.17) is 0 Å². The first kappa shape index (κ1) is 17.0. The molecule has 2 aromatic rings. The Balaban J connectivity index is 1.65. The van der Waals surface area contributed by atoms with Crippen molar-refractivity contribution in [2.24, 2.45) is 0 Å². The van der Waals surface area contributed by atoms with E-state index in [1.807, 2.05) is 67.6 Å². The molecule has 1 heterocycles. The smallest absolute Gasteiger partial charge is 0.295 e. The molecule has 0 bridgehead atoms. The highest BCUT2D eigenvalue weighted by molar-refractivity contribution is 8.18. The molecule has 1 aliphatic heterocycles. The van der Waals surface area contributed by atoms with E-state index in [-0.39, 0.29) is 17.8 Å². The van der Waals surface area contributed by atoms with Crippen molar-refractivity contribution in [2.75, 3.05) is 12.0 Å². The molecule has 2 amide bonds. The highest BCUT2D eigenvalue weighted by atomic mass is 32.2. The summed E-state index contributed by atoms with van der Waals surface area (Å²) in [7, 11) is 0. The molecule has 0 aliphatic carbocycles. The number of para-hydroxylation sites is 1. The van der Waals surface area contributed by atoms with Gasteiger partial charge in [0.25, 0.3) is 11.1 Å². The van der Waals surface area contributed by atoms with Gasteiger partial charge in [-0.2, -0.15) is 0 Å². The van der Waals surface area contributed by atoms with Crippen molar-refractivity contribution in [1.82, 2.24) is 4.90 Å². The number of aryl methyl sites for hydroxylation is 1. The van der Waals surface area contributed by atoms with Crippen molar-refractivity contribution in [1.29, 1.82) is 0 Å². The normalized spacial score (nSPS) is 16.2. The Kier molecular flexibility index (Phi) is 5.36. The number of amides is 2. The zero-order valence-electron chi connectivity index (χ0n) is 13.8. The van der Waals surface area contributed by atoms with Crippen LogP contribution in [0.3, 0.4) is 0 Å². The average molecular weight is 350 g/mol. The van der Waals surface area contributed by atoms with Gasteiger partial charge in [-0.3, -0.25) is 14.5 Å². The number of nitrogens with zero attached hydrogens (tertiary/aromatic N) is 1. The first-order valence-corrected chi connectivity index (χ1v) is 8.73. The second kappa shape index (κ2) is 7.85. The maximum absolute atomic E-state index is 12.4. The van der Waals surface area contributed by atoms with E-state index < -0.39 is 0 Å². The molecule has 0 spiro atoms. The van der Waals surface area contributed by atoms with Crippen LogP contribution in [0.5, 0.6) is 0 Å². The summed E-state index contributed by atoms with van der Waals surface area (Å²) in [5, 5.41) is 2.89. The predicted molar refractivity (Wildman–Crippen MR) is 103 cm³/mol. The molecule has 0 unspecified atom stereocenters. The average Bonchev–Trinajstić information content (AvgIpc) is 2.89. The topological polar surface area (TPSA) is 49.4 Å². The van der Waals surface area contributed by atoms with Gasteiger partial charge in [0.2, 0.25) is 0 Å². The fourth-order valence-corrected chi connectivity index (χ4v) is 3.19. The zero-order valence-corrected chi connectivity index (χ0v) is 14.6. The number of carbonyl (C=O) groups excluding carboxylic acids is 2. The highest BCUT2D eigenvalue weighted by Gasteiger charge is 2.34. The van der Waals surface area contributed by atoms with Crippen LogP contribution in [-0.2, 0) is 4.79 Å². The van der Waals surface area contributed by atoms with Crippen LogP contribution in [0.4, 0.5) is 10.5 Å². The first-order chi connectivity index (χ1) is 12.1. The van der Waals surface area contributed by atoms with E-state index >= 15 is 0 Å². The lowest BCUT2D eigenvalue weighted by Gasteiger charge is -2.15. The van der Waals surface area contributed by atoms with Crippen molar-refractivity contribution in [3.05, 3.63) is 82.8 Å².